The molecular formula is C13H25N3. The van der Waals surface area contributed by atoms with Crippen LogP contribution in [0.1, 0.15) is 43.6 Å². The van der Waals surface area contributed by atoms with Gasteiger partial charge in [-0.05, 0) is 51.8 Å². The van der Waals surface area contributed by atoms with Gasteiger partial charge in [-0.3, -0.25) is 4.68 Å². The molecule has 0 atom stereocenters. The molecule has 0 saturated carbocycles. The second-order valence-electron chi connectivity index (χ2n) is 4.37. The monoisotopic (exact) mass is 223 g/mol. The fourth-order valence-corrected chi connectivity index (χ4v) is 2.04. The van der Waals surface area contributed by atoms with Crippen LogP contribution >= 0.6 is 0 Å². The minimum atomic E-state index is 1.04. The number of aryl methyl sites for hydroxylation is 2. The Morgan fingerprint density at radius 3 is 2.50 bits per heavy atom. The average Bonchev–Trinajstić information content (AvgIpc) is 2.52. The molecule has 1 aromatic heterocycles. The summed E-state index contributed by atoms with van der Waals surface area (Å²) in [4.78, 5) is 0. The molecule has 0 aromatic carbocycles. The van der Waals surface area contributed by atoms with E-state index in [9.17, 15) is 0 Å². The van der Waals surface area contributed by atoms with Gasteiger partial charge in [0.25, 0.3) is 0 Å². The summed E-state index contributed by atoms with van der Waals surface area (Å²) in [6.45, 7) is 11.9. The highest BCUT2D eigenvalue weighted by Crippen LogP contribution is 2.13. The predicted molar refractivity (Wildman–Crippen MR) is 68.9 cm³/mol. The van der Waals surface area contributed by atoms with Crippen LogP contribution in [-0.4, -0.2) is 22.9 Å². The first kappa shape index (κ1) is 13.2. The molecule has 0 amide bonds. The van der Waals surface area contributed by atoms with E-state index in [1.807, 2.05) is 0 Å². The molecule has 0 spiro atoms. The molecule has 1 N–H and O–H groups in total. The summed E-state index contributed by atoms with van der Waals surface area (Å²) in [5, 5.41) is 8.03. The smallest absolute Gasteiger partial charge is 0.0628 e. The lowest BCUT2D eigenvalue weighted by Gasteiger charge is -2.05. The van der Waals surface area contributed by atoms with Crippen LogP contribution in [0.25, 0.3) is 0 Å². The molecule has 0 saturated heterocycles. The van der Waals surface area contributed by atoms with Gasteiger partial charge in [0.05, 0.1) is 5.69 Å². The van der Waals surface area contributed by atoms with Gasteiger partial charge in [-0.25, -0.2) is 0 Å². The molecule has 0 fully saturated rings. The first-order valence-corrected chi connectivity index (χ1v) is 6.44. The van der Waals surface area contributed by atoms with Crippen LogP contribution in [0.5, 0.6) is 0 Å². The molecule has 0 aliphatic heterocycles. The summed E-state index contributed by atoms with van der Waals surface area (Å²) in [6.07, 6.45) is 3.45. The summed E-state index contributed by atoms with van der Waals surface area (Å²) in [6, 6.07) is 0. The fraction of sp³-hybridized carbons (Fsp3) is 0.769. The van der Waals surface area contributed by atoms with Crippen LogP contribution in [0.2, 0.25) is 0 Å². The minimum Gasteiger partial charge on any atom is -0.316 e. The van der Waals surface area contributed by atoms with E-state index in [0.29, 0.717) is 0 Å². The summed E-state index contributed by atoms with van der Waals surface area (Å²) in [5.74, 6) is 0. The van der Waals surface area contributed by atoms with Crippen LogP contribution in [0, 0.1) is 13.8 Å². The zero-order valence-corrected chi connectivity index (χ0v) is 11.1. The Morgan fingerprint density at radius 1 is 1.12 bits per heavy atom. The zero-order valence-electron chi connectivity index (χ0n) is 11.1. The van der Waals surface area contributed by atoms with E-state index in [1.165, 1.54) is 23.4 Å². The molecule has 92 valence electrons. The SMILES string of the molecule is CCCNCCc1c(C)nn(CCC)c1C. The normalized spacial score (nSPS) is 11.0. The Kier molecular flexibility index (Phi) is 5.53. The average molecular weight is 223 g/mol. The van der Waals surface area contributed by atoms with E-state index in [0.717, 1.165) is 32.5 Å². The number of rotatable bonds is 7. The maximum Gasteiger partial charge on any atom is 0.0628 e. The van der Waals surface area contributed by atoms with Crippen molar-refractivity contribution in [3.8, 4) is 0 Å². The standard InChI is InChI=1S/C13H25N3/c1-5-8-14-9-7-13-11(3)15-16(10-6-2)12(13)4/h14H,5-10H2,1-4H3. The summed E-state index contributed by atoms with van der Waals surface area (Å²) >= 11 is 0. The van der Waals surface area contributed by atoms with E-state index in [1.54, 1.807) is 0 Å². The Hall–Kier alpha value is -0.830. The van der Waals surface area contributed by atoms with Crippen molar-refractivity contribution in [2.75, 3.05) is 13.1 Å². The van der Waals surface area contributed by atoms with Crippen molar-refractivity contribution in [1.29, 1.82) is 0 Å². The minimum absolute atomic E-state index is 1.04. The fourth-order valence-electron chi connectivity index (χ4n) is 2.04. The van der Waals surface area contributed by atoms with Crippen molar-refractivity contribution in [1.82, 2.24) is 15.1 Å². The van der Waals surface area contributed by atoms with Crippen LogP contribution in [-0.2, 0) is 13.0 Å². The van der Waals surface area contributed by atoms with Gasteiger partial charge in [0.15, 0.2) is 0 Å². The Balaban J connectivity index is 2.57. The molecule has 3 heteroatoms. The molecule has 16 heavy (non-hydrogen) atoms. The summed E-state index contributed by atoms with van der Waals surface area (Å²) in [5.41, 5.74) is 3.97. The third kappa shape index (κ3) is 3.34. The topological polar surface area (TPSA) is 29.9 Å². The molecular weight excluding hydrogens is 198 g/mol. The van der Waals surface area contributed by atoms with Crippen molar-refractivity contribution in [2.24, 2.45) is 0 Å². The number of nitrogens with zero attached hydrogens (tertiary/aromatic N) is 2. The molecule has 0 aliphatic carbocycles. The Labute approximate surface area is 99.2 Å². The van der Waals surface area contributed by atoms with Crippen LogP contribution in [0.3, 0.4) is 0 Å². The number of hydrogen-bond acceptors (Lipinski definition) is 2. The van der Waals surface area contributed by atoms with Gasteiger partial charge in [-0.2, -0.15) is 5.10 Å². The van der Waals surface area contributed by atoms with Crippen molar-refractivity contribution >= 4 is 0 Å². The molecule has 0 unspecified atom stereocenters. The number of hydrogen-bond donors (Lipinski definition) is 1. The quantitative estimate of drug-likeness (QED) is 0.720. The van der Waals surface area contributed by atoms with E-state index >= 15 is 0 Å². The second kappa shape index (κ2) is 6.69. The van der Waals surface area contributed by atoms with Crippen LogP contribution < -0.4 is 5.32 Å². The first-order valence-electron chi connectivity index (χ1n) is 6.44. The van der Waals surface area contributed by atoms with E-state index in [4.69, 9.17) is 0 Å². The van der Waals surface area contributed by atoms with E-state index in [2.05, 4.69) is 42.8 Å². The molecule has 1 heterocycles. The van der Waals surface area contributed by atoms with Crippen molar-refractivity contribution < 1.29 is 0 Å². The number of nitrogens with one attached hydrogen (secondary N) is 1. The zero-order chi connectivity index (χ0) is 12.0. The van der Waals surface area contributed by atoms with Crippen molar-refractivity contribution in [3.05, 3.63) is 17.0 Å². The van der Waals surface area contributed by atoms with Gasteiger partial charge in [0.1, 0.15) is 0 Å². The predicted octanol–water partition coefficient (Wildman–Crippen LogP) is 2.45. The summed E-state index contributed by atoms with van der Waals surface area (Å²) < 4.78 is 2.14. The number of aromatic nitrogens is 2. The van der Waals surface area contributed by atoms with Gasteiger partial charge in [-0.15, -0.1) is 0 Å². The lowest BCUT2D eigenvalue weighted by molar-refractivity contribution is 0.582. The summed E-state index contributed by atoms with van der Waals surface area (Å²) in [7, 11) is 0. The largest absolute Gasteiger partial charge is 0.316 e. The van der Waals surface area contributed by atoms with Crippen molar-refractivity contribution in [2.45, 2.75) is 53.5 Å². The van der Waals surface area contributed by atoms with Gasteiger partial charge in [0.2, 0.25) is 0 Å². The van der Waals surface area contributed by atoms with Crippen LogP contribution in [0.15, 0.2) is 0 Å². The lowest BCUT2D eigenvalue weighted by atomic mass is 10.1. The Bertz CT molecular complexity index is 315. The maximum atomic E-state index is 4.59. The Morgan fingerprint density at radius 2 is 1.88 bits per heavy atom. The highest BCUT2D eigenvalue weighted by atomic mass is 15.3. The van der Waals surface area contributed by atoms with E-state index < -0.39 is 0 Å². The molecule has 0 aliphatic rings. The molecule has 1 rings (SSSR count). The second-order valence-corrected chi connectivity index (χ2v) is 4.37. The molecule has 1 aromatic rings. The third-order valence-corrected chi connectivity index (χ3v) is 2.95. The highest BCUT2D eigenvalue weighted by Gasteiger charge is 2.09. The van der Waals surface area contributed by atoms with Gasteiger partial charge in [-0.1, -0.05) is 13.8 Å². The molecule has 0 radical (unpaired) electrons. The van der Waals surface area contributed by atoms with Crippen molar-refractivity contribution in [3.63, 3.8) is 0 Å². The highest BCUT2D eigenvalue weighted by molar-refractivity contribution is 5.24. The van der Waals surface area contributed by atoms with Gasteiger partial charge in [0, 0.05) is 12.2 Å². The van der Waals surface area contributed by atoms with Crippen LogP contribution in [0.4, 0.5) is 0 Å². The third-order valence-electron chi connectivity index (χ3n) is 2.95. The first-order chi connectivity index (χ1) is 7.70. The lowest BCUT2D eigenvalue weighted by Crippen LogP contribution is -2.18. The molecule has 0 bridgehead atoms. The van der Waals surface area contributed by atoms with Gasteiger partial charge >= 0.3 is 0 Å². The molecule has 3 nitrogen and oxygen atoms in total. The maximum absolute atomic E-state index is 4.59. The van der Waals surface area contributed by atoms with Gasteiger partial charge < -0.3 is 5.32 Å². The van der Waals surface area contributed by atoms with E-state index in [-0.39, 0.29) is 0 Å².